The van der Waals surface area contributed by atoms with Crippen LogP contribution in [0.1, 0.15) is 32.6 Å². The van der Waals surface area contributed by atoms with Crippen LogP contribution >= 0.6 is 11.3 Å². The molecule has 2 N–H and O–H groups in total. The van der Waals surface area contributed by atoms with E-state index in [0.29, 0.717) is 17.1 Å². The molecule has 0 bridgehead atoms. The fraction of sp³-hybridized carbons (Fsp3) is 0.700. The second-order valence-electron chi connectivity index (χ2n) is 4.31. The molecular formula is C10H16N4OS. The fourth-order valence-corrected chi connectivity index (χ4v) is 2.55. The van der Waals surface area contributed by atoms with E-state index in [0.717, 1.165) is 12.8 Å². The molecular weight excluding hydrogens is 224 g/mol. The van der Waals surface area contributed by atoms with Gasteiger partial charge in [-0.25, -0.2) is 4.79 Å². The van der Waals surface area contributed by atoms with Gasteiger partial charge in [0.1, 0.15) is 5.51 Å². The molecule has 0 spiro atoms. The first-order valence-electron chi connectivity index (χ1n) is 5.57. The Balaban J connectivity index is 1.78. The maximum absolute atomic E-state index is 11.6. The molecule has 5 nitrogen and oxygen atoms in total. The van der Waals surface area contributed by atoms with Gasteiger partial charge in [0.25, 0.3) is 0 Å². The number of urea groups is 1. The number of nitrogens with one attached hydrogen (secondary N) is 2. The third-order valence-electron chi connectivity index (χ3n) is 2.85. The third-order valence-corrected chi connectivity index (χ3v) is 3.46. The van der Waals surface area contributed by atoms with Crippen LogP contribution in [0.25, 0.3) is 0 Å². The van der Waals surface area contributed by atoms with Crippen LogP contribution in [0, 0.1) is 5.92 Å². The first-order valence-corrected chi connectivity index (χ1v) is 6.45. The number of hydrogen-bond donors (Lipinski definition) is 2. The average molecular weight is 240 g/mol. The topological polar surface area (TPSA) is 66.9 Å². The minimum Gasteiger partial charge on any atom is -0.335 e. The van der Waals surface area contributed by atoms with Crippen molar-refractivity contribution >= 4 is 22.5 Å². The number of carbonyl (C=O) groups is 1. The van der Waals surface area contributed by atoms with E-state index in [4.69, 9.17) is 0 Å². The number of amides is 2. The average Bonchev–Trinajstić information content (AvgIpc) is 2.70. The van der Waals surface area contributed by atoms with E-state index in [9.17, 15) is 4.79 Å². The van der Waals surface area contributed by atoms with E-state index in [-0.39, 0.29) is 6.03 Å². The number of nitrogens with zero attached hydrogens (tertiary/aromatic N) is 2. The summed E-state index contributed by atoms with van der Waals surface area (Å²) >= 11 is 1.32. The lowest BCUT2D eigenvalue weighted by Crippen LogP contribution is -2.40. The molecule has 6 heteroatoms. The molecule has 16 heavy (non-hydrogen) atoms. The normalized spacial score (nSPS) is 25.1. The van der Waals surface area contributed by atoms with Gasteiger partial charge < -0.3 is 5.32 Å². The van der Waals surface area contributed by atoms with Crippen molar-refractivity contribution in [1.29, 1.82) is 0 Å². The van der Waals surface area contributed by atoms with Crippen LogP contribution in [0.5, 0.6) is 0 Å². The third kappa shape index (κ3) is 3.16. The molecule has 2 amide bonds. The standard InChI is InChI=1S/C10H16N4OS/c1-7-3-2-4-8(5-7)12-9(15)13-10-14-11-6-16-10/h6-8H,2-5H2,1H3,(H2,12,13,14,15)/t7-,8+/m0/s1. The zero-order valence-electron chi connectivity index (χ0n) is 9.27. The predicted octanol–water partition coefficient (Wildman–Crippen LogP) is 2.24. The Hall–Kier alpha value is -1.17. The Morgan fingerprint density at radius 3 is 3.12 bits per heavy atom. The van der Waals surface area contributed by atoms with Gasteiger partial charge in [-0.2, -0.15) is 0 Å². The highest BCUT2D eigenvalue weighted by Gasteiger charge is 2.20. The van der Waals surface area contributed by atoms with Crippen molar-refractivity contribution in [1.82, 2.24) is 15.5 Å². The smallest absolute Gasteiger partial charge is 0.321 e. The lowest BCUT2D eigenvalue weighted by molar-refractivity contribution is 0.238. The highest BCUT2D eigenvalue weighted by molar-refractivity contribution is 7.13. The van der Waals surface area contributed by atoms with E-state index in [1.54, 1.807) is 5.51 Å². The maximum atomic E-state index is 11.6. The quantitative estimate of drug-likeness (QED) is 0.833. The van der Waals surface area contributed by atoms with Crippen LogP contribution in [0.2, 0.25) is 0 Å². The number of hydrogen-bond acceptors (Lipinski definition) is 4. The molecule has 2 rings (SSSR count). The summed E-state index contributed by atoms with van der Waals surface area (Å²) in [4.78, 5) is 11.6. The molecule has 0 saturated heterocycles. The van der Waals surface area contributed by atoms with Crippen LogP contribution < -0.4 is 10.6 Å². The summed E-state index contributed by atoms with van der Waals surface area (Å²) in [7, 11) is 0. The first kappa shape index (κ1) is 11.3. The zero-order chi connectivity index (χ0) is 11.4. The van der Waals surface area contributed by atoms with Gasteiger partial charge in [-0.1, -0.05) is 31.1 Å². The van der Waals surface area contributed by atoms with Gasteiger partial charge in [0.05, 0.1) is 0 Å². The van der Waals surface area contributed by atoms with Gasteiger partial charge in [-0.05, 0) is 18.8 Å². The monoisotopic (exact) mass is 240 g/mol. The van der Waals surface area contributed by atoms with Gasteiger partial charge in [0.15, 0.2) is 0 Å². The molecule has 0 aromatic carbocycles. The summed E-state index contributed by atoms with van der Waals surface area (Å²) in [5.74, 6) is 0.709. The number of aromatic nitrogens is 2. The van der Waals surface area contributed by atoms with Gasteiger partial charge >= 0.3 is 6.03 Å². The van der Waals surface area contributed by atoms with Crippen LogP contribution in [-0.4, -0.2) is 22.3 Å². The molecule has 1 heterocycles. The van der Waals surface area contributed by atoms with Crippen LogP contribution in [0.15, 0.2) is 5.51 Å². The molecule has 1 fully saturated rings. The van der Waals surface area contributed by atoms with Crippen LogP contribution in [-0.2, 0) is 0 Å². The molecule has 88 valence electrons. The zero-order valence-corrected chi connectivity index (χ0v) is 10.1. The van der Waals surface area contributed by atoms with E-state index in [2.05, 4.69) is 27.8 Å². The summed E-state index contributed by atoms with van der Waals surface area (Å²) < 4.78 is 0. The van der Waals surface area contributed by atoms with Crippen LogP contribution in [0.3, 0.4) is 0 Å². The summed E-state index contributed by atoms with van der Waals surface area (Å²) in [6.07, 6.45) is 4.62. The summed E-state index contributed by atoms with van der Waals surface area (Å²) in [6.45, 7) is 2.23. The number of anilines is 1. The fourth-order valence-electron chi connectivity index (χ4n) is 2.11. The minimum atomic E-state index is -0.171. The van der Waals surface area contributed by atoms with Gasteiger partial charge in [-0.3, -0.25) is 5.32 Å². The van der Waals surface area contributed by atoms with Crippen molar-refractivity contribution < 1.29 is 4.79 Å². The molecule has 0 radical (unpaired) electrons. The SMILES string of the molecule is C[C@H]1CCC[C@@H](NC(=O)Nc2nncs2)C1. The van der Waals surface area contributed by atoms with Crippen LogP contribution in [0.4, 0.5) is 9.93 Å². The highest BCUT2D eigenvalue weighted by Crippen LogP contribution is 2.23. The summed E-state index contributed by atoms with van der Waals surface area (Å²) in [5.41, 5.74) is 1.60. The largest absolute Gasteiger partial charge is 0.335 e. The Morgan fingerprint density at radius 2 is 2.44 bits per heavy atom. The lowest BCUT2D eigenvalue weighted by atomic mass is 9.87. The molecule has 0 aliphatic heterocycles. The highest BCUT2D eigenvalue weighted by atomic mass is 32.1. The molecule has 1 aliphatic carbocycles. The van der Waals surface area contributed by atoms with E-state index in [1.807, 2.05) is 0 Å². The Kier molecular flexibility index (Phi) is 3.71. The lowest BCUT2D eigenvalue weighted by Gasteiger charge is -2.27. The Morgan fingerprint density at radius 1 is 1.56 bits per heavy atom. The van der Waals surface area contributed by atoms with E-state index >= 15 is 0 Å². The maximum Gasteiger partial charge on any atom is 0.321 e. The van der Waals surface area contributed by atoms with Gasteiger partial charge in [0, 0.05) is 6.04 Å². The molecule has 1 aliphatic rings. The predicted molar refractivity (Wildman–Crippen MR) is 63.5 cm³/mol. The molecule has 1 aromatic heterocycles. The summed E-state index contributed by atoms with van der Waals surface area (Å²) in [5, 5.41) is 13.6. The number of rotatable bonds is 2. The van der Waals surface area contributed by atoms with E-state index in [1.165, 1.54) is 24.2 Å². The minimum absolute atomic E-state index is 0.171. The molecule has 1 aromatic rings. The van der Waals surface area contributed by atoms with Crippen molar-refractivity contribution in [3.63, 3.8) is 0 Å². The molecule has 2 atom stereocenters. The molecule has 1 saturated carbocycles. The van der Waals surface area contributed by atoms with Crippen molar-refractivity contribution in [2.75, 3.05) is 5.32 Å². The van der Waals surface area contributed by atoms with Gasteiger partial charge in [0.2, 0.25) is 5.13 Å². The summed E-state index contributed by atoms with van der Waals surface area (Å²) in [6, 6.07) is 0.132. The Bertz CT molecular complexity index is 341. The van der Waals surface area contributed by atoms with Crippen molar-refractivity contribution in [3.8, 4) is 0 Å². The van der Waals surface area contributed by atoms with Crippen molar-refractivity contribution in [2.24, 2.45) is 5.92 Å². The van der Waals surface area contributed by atoms with Crippen molar-refractivity contribution in [2.45, 2.75) is 38.6 Å². The Labute approximate surface area is 98.7 Å². The van der Waals surface area contributed by atoms with E-state index < -0.39 is 0 Å². The van der Waals surface area contributed by atoms with Gasteiger partial charge in [-0.15, -0.1) is 10.2 Å². The second-order valence-corrected chi connectivity index (χ2v) is 5.14. The van der Waals surface area contributed by atoms with Crippen molar-refractivity contribution in [3.05, 3.63) is 5.51 Å². The second kappa shape index (κ2) is 5.25. The molecule has 0 unspecified atom stereocenters. The number of carbonyl (C=O) groups excluding carboxylic acids is 1. The first-order chi connectivity index (χ1) is 7.74.